The molecule has 68 valence electrons. The first-order valence-corrected chi connectivity index (χ1v) is 5.47. The molecule has 0 saturated carbocycles. The van der Waals surface area contributed by atoms with Crippen molar-refractivity contribution in [3.8, 4) is 0 Å². The fourth-order valence-corrected chi connectivity index (χ4v) is 1.95. The van der Waals surface area contributed by atoms with Crippen LogP contribution >= 0.6 is 11.3 Å². The largest absolute Gasteiger partial charge is 0.240 e. The summed E-state index contributed by atoms with van der Waals surface area (Å²) in [6, 6.07) is 2.05. The van der Waals surface area contributed by atoms with Crippen LogP contribution in [0.5, 0.6) is 0 Å². The highest BCUT2D eigenvalue weighted by Crippen LogP contribution is 2.17. The molecule has 2 rings (SSSR count). The molecular formula is C10H12N2S. The summed E-state index contributed by atoms with van der Waals surface area (Å²) < 4.78 is 1.18. The molecular weight excluding hydrogens is 180 g/mol. The summed E-state index contributed by atoms with van der Waals surface area (Å²) in [6.07, 6.45) is 5.31. The van der Waals surface area contributed by atoms with E-state index in [2.05, 4.69) is 28.3 Å². The van der Waals surface area contributed by atoms with Gasteiger partial charge in [0.05, 0.1) is 10.2 Å². The maximum absolute atomic E-state index is 4.47. The molecule has 0 unspecified atom stereocenters. The molecule has 0 N–H and O–H groups in total. The first-order valence-electron chi connectivity index (χ1n) is 4.59. The number of hydrogen-bond donors (Lipinski definition) is 0. The molecule has 13 heavy (non-hydrogen) atoms. The number of aryl methyl sites for hydroxylation is 1. The maximum Gasteiger partial charge on any atom is 0.129 e. The Morgan fingerprint density at radius 2 is 2.38 bits per heavy atom. The standard InChI is InChI=1S/C10H12N2S/c1-2-3-4-10-11-7-9-8(12-10)5-6-13-9/h5-7H,2-4H2,1H3. The second-order valence-corrected chi connectivity index (χ2v) is 4.01. The number of fused-ring (bicyclic) bond motifs is 1. The Kier molecular flexibility index (Phi) is 2.54. The van der Waals surface area contributed by atoms with Crippen molar-refractivity contribution in [2.24, 2.45) is 0 Å². The Bertz CT molecular complexity index is 394. The van der Waals surface area contributed by atoms with E-state index in [0.717, 1.165) is 17.8 Å². The molecule has 2 heterocycles. The van der Waals surface area contributed by atoms with Crippen molar-refractivity contribution < 1.29 is 0 Å². The number of nitrogens with zero attached hydrogens (tertiary/aromatic N) is 2. The van der Waals surface area contributed by atoms with Crippen LogP contribution in [0, 0.1) is 0 Å². The van der Waals surface area contributed by atoms with E-state index in [9.17, 15) is 0 Å². The normalized spacial score (nSPS) is 10.8. The molecule has 2 aromatic rings. The van der Waals surface area contributed by atoms with Crippen molar-refractivity contribution in [3.05, 3.63) is 23.5 Å². The quantitative estimate of drug-likeness (QED) is 0.747. The minimum atomic E-state index is 0.979. The fourth-order valence-electron chi connectivity index (χ4n) is 1.26. The topological polar surface area (TPSA) is 25.8 Å². The lowest BCUT2D eigenvalue weighted by atomic mass is 10.2. The molecule has 0 aliphatic heterocycles. The van der Waals surface area contributed by atoms with E-state index in [-0.39, 0.29) is 0 Å². The van der Waals surface area contributed by atoms with Crippen LogP contribution in [0.2, 0.25) is 0 Å². The van der Waals surface area contributed by atoms with Crippen molar-refractivity contribution in [3.63, 3.8) is 0 Å². The van der Waals surface area contributed by atoms with E-state index in [1.54, 1.807) is 11.3 Å². The zero-order valence-electron chi connectivity index (χ0n) is 7.66. The summed E-state index contributed by atoms with van der Waals surface area (Å²) in [5.41, 5.74) is 1.09. The van der Waals surface area contributed by atoms with Crippen molar-refractivity contribution >= 4 is 21.6 Å². The van der Waals surface area contributed by atoms with Gasteiger partial charge in [-0.3, -0.25) is 0 Å². The van der Waals surface area contributed by atoms with Crippen LogP contribution in [0.25, 0.3) is 10.2 Å². The number of unbranched alkanes of at least 4 members (excludes halogenated alkanes) is 1. The number of hydrogen-bond acceptors (Lipinski definition) is 3. The van der Waals surface area contributed by atoms with Crippen LogP contribution in [0.3, 0.4) is 0 Å². The van der Waals surface area contributed by atoms with E-state index in [4.69, 9.17) is 0 Å². The SMILES string of the molecule is CCCCc1ncc2sccc2n1. The molecule has 0 fully saturated rings. The molecule has 0 aliphatic rings. The number of aromatic nitrogens is 2. The summed E-state index contributed by atoms with van der Waals surface area (Å²) in [5, 5.41) is 2.06. The van der Waals surface area contributed by atoms with Gasteiger partial charge in [0.2, 0.25) is 0 Å². The molecule has 0 aromatic carbocycles. The first-order chi connectivity index (χ1) is 6.40. The smallest absolute Gasteiger partial charge is 0.129 e. The average molecular weight is 192 g/mol. The van der Waals surface area contributed by atoms with Gasteiger partial charge in [-0.15, -0.1) is 11.3 Å². The summed E-state index contributed by atoms with van der Waals surface area (Å²) in [4.78, 5) is 8.79. The number of thiophene rings is 1. The minimum Gasteiger partial charge on any atom is -0.240 e. The van der Waals surface area contributed by atoms with Gasteiger partial charge in [0.1, 0.15) is 5.82 Å². The molecule has 0 atom stereocenters. The molecule has 3 heteroatoms. The van der Waals surface area contributed by atoms with Gasteiger partial charge in [-0.1, -0.05) is 13.3 Å². The van der Waals surface area contributed by atoms with E-state index < -0.39 is 0 Å². The lowest BCUT2D eigenvalue weighted by Crippen LogP contribution is -1.93. The third-order valence-corrected chi connectivity index (χ3v) is 2.85. The van der Waals surface area contributed by atoms with Gasteiger partial charge >= 0.3 is 0 Å². The van der Waals surface area contributed by atoms with Gasteiger partial charge in [-0.05, 0) is 17.9 Å². The van der Waals surface area contributed by atoms with Gasteiger partial charge in [0.15, 0.2) is 0 Å². The summed E-state index contributed by atoms with van der Waals surface area (Å²) in [7, 11) is 0. The van der Waals surface area contributed by atoms with E-state index >= 15 is 0 Å². The summed E-state index contributed by atoms with van der Waals surface area (Å²) in [6.45, 7) is 2.18. The molecule has 0 aliphatic carbocycles. The van der Waals surface area contributed by atoms with Crippen molar-refractivity contribution in [1.82, 2.24) is 9.97 Å². The Balaban J connectivity index is 2.26. The predicted molar refractivity (Wildman–Crippen MR) is 56.0 cm³/mol. The molecule has 0 bridgehead atoms. The van der Waals surface area contributed by atoms with Crippen LogP contribution in [0.4, 0.5) is 0 Å². The van der Waals surface area contributed by atoms with E-state index in [1.165, 1.54) is 17.5 Å². The zero-order chi connectivity index (χ0) is 9.10. The van der Waals surface area contributed by atoms with Crippen LogP contribution in [0.15, 0.2) is 17.6 Å². The Morgan fingerprint density at radius 1 is 1.46 bits per heavy atom. The second-order valence-electron chi connectivity index (χ2n) is 3.06. The minimum absolute atomic E-state index is 0.979. The van der Waals surface area contributed by atoms with Crippen molar-refractivity contribution in [2.75, 3.05) is 0 Å². The average Bonchev–Trinajstić information content (AvgIpc) is 2.61. The molecule has 0 saturated heterocycles. The first kappa shape index (κ1) is 8.63. The molecule has 0 amide bonds. The zero-order valence-corrected chi connectivity index (χ0v) is 8.47. The molecule has 0 spiro atoms. The van der Waals surface area contributed by atoms with E-state index in [0.29, 0.717) is 0 Å². The fraction of sp³-hybridized carbons (Fsp3) is 0.400. The van der Waals surface area contributed by atoms with Crippen molar-refractivity contribution in [1.29, 1.82) is 0 Å². The maximum atomic E-state index is 4.47. The highest BCUT2D eigenvalue weighted by Gasteiger charge is 1.99. The van der Waals surface area contributed by atoms with Gasteiger partial charge in [-0.25, -0.2) is 9.97 Å². The lowest BCUT2D eigenvalue weighted by molar-refractivity contribution is 0.757. The third kappa shape index (κ3) is 1.86. The predicted octanol–water partition coefficient (Wildman–Crippen LogP) is 3.03. The molecule has 2 nitrogen and oxygen atoms in total. The van der Waals surface area contributed by atoms with Gasteiger partial charge in [0.25, 0.3) is 0 Å². The third-order valence-electron chi connectivity index (χ3n) is 2.01. The highest BCUT2D eigenvalue weighted by atomic mass is 32.1. The van der Waals surface area contributed by atoms with Crippen molar-refractivity contribution in [2.45, 2.75) is 26.2 Å². The number of rotatable bonds is 3. The lowest BCUT2D eigenvalue weighted by Gasteiger charge is -1.97. The van der Waals surface area contributed by atoms with Gasteiger partial charge in [0, 0.05) is 12.6 Å². The monoisotopic (exact) mass is 192 g/mol. The Hall–Kier alpha value is -0.960. The Morgan fingerprint density at radius 3 is 3.23 bits per heavy atom. The summed E-state index contributed by atoms with van der Waals surface area (Å²) >= 11 is 1.69. The van der Waals surface area contributed by atoms with Gasteiger partial charge < -0.3 is 0 Å². The second kappa shape index (κ2) is 3.83. The van der Waals surface area contributed by atoms with Crippen LogP contribution < -0.4 is 0 Å². The van der Waals surface area contributed by atoms with Crippen LogP contribution in [0.1, 0.15) is 25.6 Å². The van der Waals surface area contributed by atoms with Crippen LogP contribution in [-0.2, 0) is 6.42 Å². The Labute approximate surface area is 81.7 Å². The summed E-state index contributed by atoms with van der Waals surface area (Å²) in [5.74, 6) is 0.979. The van der Waals surface area contributed by atoms with Gasteiger partial charge in [-0.2, -0.15) is 0 Å². The highest BCUT2D eigenvalue weighted by molar-refractivity contribution is 7.17. The molecule has 0 radical (unpaired) electrons. The van der Waals surface area contributed by atoms with Crippen LogP contribution in [-0.4, -0.2) is 9.97 Å². The molecule has 2 aromatic heterocycles. The van der Waals surface area contributed by atoms with E-state index in [1.807, 2.05) is 6.20 Å².